The van der Waals surface area contributed by atoms with Crippen molar-refractivity contribution in [1.29, 1.82) is 0 Å². The van der Waals surface area contributed by atoms with Crippen LogP contribution in [0.4, 0.5) is 17.3 Å². The first-order valence-electron chi connectivity index (χ1n) is 7.36. The Morgan fingerprint density at radius 3 is 2.56 bits per heavy atom. The van der Waals surface area contributed by atoms with Crippen LogP contribution in [0.2, 0.25) is 0 Å². The number of anilines is 3. The average Bonchev–Trinajstić information content (AvgIpc) is 2.93. The van der Waals surface area contributed by atoms with Gasteiger partial charge in [0.2, 0.25) is 11.9 Å². The molecule has 3 N–H and O–H groups in total. The summed E-state index contributed by atoms with van der Waals surface area (Å²) in [7, 11) is 5.18. The van der Waals surface area contributed by atoms with Crippen LogP contribution in [0.3, 0.4) is 0 Å². The number of nitrogens with zero attached hydrogens (tertiary/aromatic N) is 4. The molecule has 0 aliphatic carbocycles. The third-order valence-corrected chi connectivity index (χ3v) is 4.20. The molecule has 1 aromatic heterocycles. The Bertz CT molecular complexity index is 744. The summed E-state index contributed by atoms with van der Waals surface area (Å²) < 4.78 is 6.02. The molecule has 0 aliphatic heterocycles. The van der Waals surface area contributed by atoms with E-state index in [2.05, 4.69) is 20.3 Å². The van der Waals surface area contributed by atoms with Crippen LogP contribution in [-0.2, 0) is 20.9 Å². The second-order valence-corrected chi connectivity index (χ2v) is 6.22. The second-order valence-electron chi connectivity index (χ2n) is 5.28. The quantitative estimate of drug-likeness (QED) is 0.548. The highest BCUT2D eigenvalue weighted by molar-refractivity contribution is 7.99. The molecular weight excluding hydrogens is 344 g/mol. The monoisotopic (exact) mass is 364 g/mol. The summed E-state index contributed by atoms with van der Waals surface area (Å²) in [6.45, 7) is -0.0578. The summed E-state index contributed by atoms with van der Waals surface area (Å²) >= 11 is 1.10. The van der Waals surface area contributed by atoms with E-state index in [4.69, 9.17) is 5.73 Å². The summed E-state index contributed by atoms with van der Waals surface area (Å²) in [6.07, 6.45) is 0. The van der Waals surface area contributed by atoms with E-state index in [1.54, 1.807) is 0 Å². The molecule has 1 amide bonds. The Balaban J connectivity index is 2.00. The molecule has 2 aromatic rings. The highest BCUT2D eigenvalue weighted by Gasteiger charge is 2.15. The number of esters is 1. The van der Waals surface area contributed by atoms with Crippen molar-refractivity contribution < 1.29 is 14.3 Å². The summed E-state index contributed by atoms with van der Waals surface area (Å²) in [4.78, 5) is 25.4. The molecule has 0 aliphatic rings. The van der Waals surface area contributed by atoms with Crippen molar-refractivity contribution in [3.63, 3.8) is 0 Å². The minimum absolute atomic E-state index is 0.0578. The van der Waals surface area contributed by atoms with Gasteiger partial charge in [-0.1, -0.05) is 11.8 Å². The van der Waals surface area contributed by atoms with E-state index in [1.807, 2.05) is 43.3 Å². The van der Waals surface area contributed by atoms with Crippen LogP contribution in [0.25, 0.3) is 0 Å². The molecule has 2 rings (SSSR count). The lowest BCUT2D eigenvalue weighted by atomic mass is 10.2. The van der Waals surface area contributed by atoms with Crippen molar-refractivity contribution in [3.05, 3.63) is 24.3 Å². The topological polar surface area (TPSA) is 115 Å². The zero-order chi connectivity index (χ0) is 18.4. The smallest absolute Gasteiger partial charge is 0.316 e. The molecule has 9 nitrogen and oxygen atoms in total. The summed E-state index contributed by atoms with van der Waals surface area (Å²) in [6, 6.07) is 7.44. The third kappa shape index (κ3) is 5.11. The summed E-state index contributed by atoms with van der Waals surface area (Å²) in [5.74, 6) is -0.513. The van der Waals surface area contributed by atoms with Gasteiger partial charge in [-0.05, 0) is 24.3 Å². The predicted octanol–water partition coefficient (Wildman–Crippen LogP) is 0.830. The van der Waals surface area contributed by atoms with Crippen LogP contribution in [0.15, 0.2) is 29.4 Å². The minimum Gasteiger partial charge on any atom is -0.468 e. The number of methoxy groups -OCH3 is 1. The molecule has 0 atom stereocenters. The molecule has 0 spiro atoms. The maximum atomic E-state index is 12.2. The van der Waals surface area contributed by atoms with Gasteiger partial charge in [-0.3, -0.25) is 14.2 Å². The molecule has 134 valence electrons. The minimum atomic E-state index is -0.399. The fourth-order valence-corrected chi connectivity index (χ4v) is 2.70. The Hall–Kier alpha value is -2.75. The number of benzene rings is 1. The molecule has 10 heteroatoms. The number of nitrogens with one attached hydrogen (secondary N) is 1. The maximum absolute atomic E-state index is 12.2. The van der Waals surface area contributed by atoms with Gasteiger partial charge in [-0.25, -0.2) is 0 Å². The van der Waals surface area contributed by atoms with Crippen molar-refractivity contribution in [2.45, 2.75) is 11.7 Å². The second kappa shape index (κ2) is 8.38. The van der Waals surface area contributed by atoms with Crippen LogP contribution in [-0.4, -0.2) is 53.6 Å². The fourth-order valence-electron chi connectivity index (χ4n) is 1.92. The standard InChI is InChI=1S/C15H20N6O3S/c1-20(2)11-6-4-10(5-7-11)17-12(22)8-21-14(16)18-19-15(21)25-9-13(23)24-3/h4-7H,8-9H2,1-3H3,(H2,16,18)(H,17,22). The SMILES string of the molecule is COC(=O)CSc1nnc(N)n1CC(=O)Nc1ccc(N(C)C)cc1. The zero-order valence-corrected chi connectivity index (χ0v) is 15.0. The van der Waals surface area contributed by atoms with Gasteiger partial charge in [0.1, 0.15) is 6.54 Å². The summed E-state index contributed by atoms with van der Waals surface area (Å²) in [5, 5.41) is 10.8. The van der Waals surface area contributed by atoms with Crippen molar-refractivity contribution in [3.8, 4) is 0 Å². The fraction of sp³-hybridized carbons (Fsp3) is 0.333. The molecule has 25 heavy (non-hydrogen) atoms. The highest BCUT2D eigenvalue weighted by atomic mass is 32.2. The maximum Gasteiger partial charge on any atom is 0.316 e. The number of aromatic nitrogens is 3. The van der Waals surface area contributed by atoms with Gasteiger partial charge < -0.3 is 20.7 Å². The van der Waals surface area contributed by atoms with Crippen LogP contribution in [0.1, 0.15) is 0 Å². The van der Waals surface area contributed by atoms with Gasteiger partial charge in [0, 0.05) is 25.5 Å². The van der Waals surface area contributed by atoms with Crippen molar-refractivity contribution in [1.82, 2.24) is 14.8 Å². The van der Waals surface area contributed by atoms with E-state index in [0.29, 0.717) is 10.8 Å². The van der Waals surface area contributed by atoms with E-state index < -0.39 is 5.97 Å². The molecule has 0 saturated carbocycles. The predicted molar refractivity (Wildman–Crippen MR) is 96.6 cm³/mol. The first kappa shape index (κ1) is 18.6. The molecule has 0 bridgehead atoms. The van der Waals surface area contributed by atoms with E-state index in [-0.39, 0.29) is 24.2 Å². The van der Waals surface area contributed by atoms with Crippen LogP contribution in [0.5, 0.6) is 0 Å². The molecule has 0 saturated heterocycles. The molecule has 0 radical (unpaired) electrons. The largest absolute Gasteiger partial charge is 0.468 e. The molecule has 1 aromatic carbocycles. The number of amides is 1. The number of hydrogen-bond acceptors (Lipinski definition) is 8. The first-order chi connectivity index (χ1) is 11.9. The number of ether oxygens (including phenoxy) is 1. The lowest BCUT2D eigenvalue weighted by Gasteiger charge is -2.13. The Morgan fingerprint density at radius 2 is 1.96 bits per heavy atom. The lowest BCUT2D eigenvalue weighted by molar-refractivity contribution is -0.137. The number of thioether (sulfide) groups is 1. The van der Waals surface area contributed by atoms with E-state index in [1.165, 1.54) is 11.7 Å². The lowest BCUT2D eigenvalue weighted by Crippen LogP contribution is -2.20. The van der Waals surface area contributed by atoms with Crippen LogP contribution in [0, 0.1) is 0 Å². The first-order valence-corrected chi connectivity index (χ1v) is 8.34. The van der Waals surface area contributed by atoms with Crippen LogP contribution >= 0.6 is 11.8 Å². The van der Waals surface area contributed by atoms with Gasteiger partial charge in [-0.2, -0.15) is 0 Å². The Morgan fingerprint density at radius 1 is 1.28 bits per heavy atom. The van der Waals surface area contributed by atoms with Crippen molar-refractivity contribution >= 4 is 41.0 Å². The number of nitrogens with two attached hydrogens (primary N) is 1. The van der Waals surface area contributed by atoms with E-state index >= 15 is 0 Å². The number of carbonyl (C=O) groups excluding carboxylic acids is 2. The Labute approximate surface area is 149 Å². The van der Waals surface area contributed by atoms with Gasteiger partial charge in [0.05, 0.1) is 12.9 Å². The number of hydrogen-bond donors (Lipinski definition) is 2. The number of nitrogen functional groups attached to an aromatic ring is 1. The normalized spacial score (nSPS) is 10.4. The molecular formula is C15H20N6O3S. The van der Waals surface area contributed by atoms with Crippen molar-refractivity contribution in [2.24, 2.45) is 0 Å². The molecule has 0 fully saturated rings. The van der Waals surface area contributed by atoms with Crippen LogP contribution < -0.4 is 16.0 Å². The van der Waals surface area contributed by atoms with Gasteiger partial charge in [0.25, 0.3) is 0 Å². The summed E-state index contributed by atoms with van der Waals surface area (Å²) in [5.41, 5.74) is 7.45. The average molecular weight is 364 g/mol. The molecule has 1 heterocycles. The number of rotatable bonds is 7. The van der Waals surface area contributed by atoms with E-state index in [0.717, 1.165) is 17.4 Å². The number of carbonyl (C=O) groups is 2. The molecule has 0 unspecified atom stereocenters. The van der Waals surface area contributed by atoms with Gasteiger partial charge >= 0.3 is 5.97 Å². The van der Waals surface area contributed by atoms with Gasteiger partial charge in [-0.15, -0.1) is 10.2 Å². The van der Waals surface area contributed by atoms with E-state index in [9.17, 15) is 9.59 Å². The van der Waals surface area contributed by atoms with Gasteiger partial charge in [0.15, 0.2) is 5.16 Å². The highest BCUT2D eigenvalue weighted by Crippen LogP contribution is 2.19. The zero-order valence-electron chi connectivity index (χ0n) is 14.2. The third-order valence-electron chi connectivity index (χ3n) is 3.26. The Kier molecular flexibility index (Phi) is 6.23. The van der Waals surface area contributed by atoms with Crippen molar-refractivity contribution in [2.75, 3.05) is 42.9 Å².